The van der Waals surface area contributed by atoms with Crippen LogP contribution < -0.4 is 9.47 Å². The van der Waals surface area contributed by atoms with Crippen molar-refractivity contribution in [1.82, 2.24) is 4.98 Å². The van der Waals surface area contributed by atoms with Gasteiger partial charge in [-0.1, -0.05) is 12.1 Å². The van der Waals surface area contributed by atoms with Crippen LogP contribution in [-0.2, 0) is 13.2 Å². The second-order valence-electron chi connectivity index (χ2n) is 4.05. The van der Waals surface area contributed by atoms with E-state index in [2.05, 4.69) is 4.98 Å². The number of aliphatic hydroxyl groups excluding tert-OH is 1. The van der Waals surface area contributed by atoms with E-state index in [0.29, 0.717) is 22.8 Å². The number of aromatic nitrogens is 1. The van der Waals surface area contributed by atoms with Crippen LogP contribution in [0.15, 0.2) is 36.5 Å². The molecule has 0 radical (unpaired) electrons. The topological polar surface area (TPSA) is 75.4 Å². The Hall–Kier alpha value is -2.58. The van der Waals surface area contributed by atoms with E-state index in [-0.39, 0.29) is 13.2 Å². The van der Waals surface area contributed by atoms with Gasteiger partial charge in [0.15, 0.2) is 11.5 Å². The van der Waals surface area contributed by atoms with Crippen LogP contribution in [0.25, 0.3) is 0 Å². The summed E-state index contributed by atoms with van der Waals surface area (Å²) in [7, 11) is 1.54. The number of nitrogens with zero attached hydrogens (tertiary/aromatic N) is 2. The quantitative estimate of drug-likeness (QED) is 0.899. The van der Waals surface area contributed by atoms with Crippen molar-refractivity contribution in [2.45, 2.75) is 13.2 Å². The van der Waals surface area contributed by atoms with Gasteiger partial charge >= 0.3 is 0 Å². The lowest BCUT2D eigenvalue weighted by Gasteiger charge is -2.12. The van der Waals surface area contributed by atoms with E-state index in [1.807, 2.05) is 6.07 Å². The van der Waals surface area contributed by atoms with Crippen molar-refractivity contribution >= 4 is 0 Å². The maximum atomic E-state index is 9.08. The van der Waals surface area contributed by atoms with Gasteiger partial charge in [-0.05, 0) is 23.8 Å². The largest absolute Gasteiger partial charge is 0.493 e. The van der Waals surface area contributed by atoms with Gasteiger partial charge in [0.2, 0.25) is 0 Å². The molecule has 1 heterocycles. The van der Waals surface area contributed by atoms with Crippen LogP contribution in [0.5, 0.6) is 11.5 Å². The molecule has 102 valence electrons. The Balaban J connectivity index is 2.17. The molecule has 2 aromatic rings. The zero-order chi connectivity index (χ0) is 14.4. The Kier molecular flexibility index (Phi) is 4.53. The van der Waals surface area contributed by atoms with Crippen molar-refractivity contribution in [3.63, 3.8) is 0 Å². The highest BCUT2D eigenvalue weighted by atomic mass is 16.5. The molecule has 1 N–H and O–H groups in total. The molecule has 0 aliphatic heterocycles. The summed E-state index contributed by atoms with van der Waals surface area (Å²) >= 11 is 0. The summed E-state index contributed by atoms with van der Waals surface area (Å²) in [6.45, 7) is 0.170. The van der Waals surface area contributed by atoms with Gasteiger partial charge < -0.3 is 14.6 Å². The van der Waals surface area contributed by atoms with Crippen LogP contribution in [0.4, 0.5) is 0 Å². The molecule has 5 nitrogen and oxygen atoms in total. The maximum absolute atomic E-state index is 9.08. The first kappa shape index (κ1) is 13.8. The van der Waals surface area contributed by atoms with Gasteiger partial charge in [-0.3, -0.25) is 0 Å². The van der Waals surface area contributed by atoms with E-state index < -0.39 is 0 Å². The van der Waals surface area contributed by atoms with Gasteiger partial charge in [-0.25, -0.2) is 4.98 Å². The summed E-state index contributed by atoms with van der Waals surface area (Å²) in [6.07, 6.45) is 1.57. The Labute approximate surface area is 117 Å². The fraction of sp³-hybridized carbons (Fsp3) is 0.200. The van der Waals surface area contributed by atoms with Crippen LogP contribution in [0, 0.1) is 11.3 Å². The molecule has 0 bridgehead atoms. The van der Waals surface area contributed by atoms with Crippen molar-refractivity contribution in [2.75, 3.05) is 7.11 Å². The molecule has 1 aromatic heterocycles. The van der Waals surface area contributed by atoms with Crippen LogP contribution in [0.3, 0.4) is 0 Å². The number of methoxy groups -OCH3 is 1. The predicted molar refractivity (Wildman–Crippen MR) is 72.2 cm³/mol. The molecule has 0 unspecified atom stereocenters. The highest BCUT2D eigenvalue weighted by molar-refractivity contribution is 5.43. The normalized spacial score (nSPS) is 9.85. The van der Waals surface area contributed by atoms with E-state index in [0.717, 1.165) is 5.56 Å². The third kappa shape index (κ3) is 3.05. The molecule has 0 aliphatic rings. The smallest absolute Gasteiger partial charge is 0.161 e. The molecular weight excluding hydrogens is 256 g/mol. The number of benzene rings is 1. The minimum Gasteiger partial charge on any atom is -0.493 e. The van der Waals surface area contributed by atoms with E-state index >= 15 is 0 Å². The number of aliphatic hydroxyl groups is 1. The Morgan fingerprint density at radius 3 is 2.85 bits per heavy atom. The number of hydrogen-bond donors (Lipinski definition) is 1. The molecule has 5 heteroatoms. The number of nitriles is 1. The van der Waals surface area contributed by atoms with E-state index in [1.165, 1.54) is 7.11 Å². The first-order valence-electron chi connectivity index (χ1n) is 6.03. The Morgan fingerprint density at radius 2 is 2.15 bits per heavy atom. The second-order valence-corrected chi connectivity index (χ2v) is 4.05. The fourth-order valence-electron chi connectivity index (χ4n) is 1.74. The number of rotatable bonds is 5. The zero-order valence-corrected chi connectivity index (χ0v) is 11.0. The van der Waals surface area contributed by atoms with Gasteiger partial charge in [0.1, 0.15) is 18.4 Å². The van der Waals surface area contributed by atoms with E-state index in [4.69, 9.17) is 19.8 Å². The number of pyridine rings is 1. The molecule has 0 spiro atoms. The fourth-order valence-corrected chi connectivity index (χ4v) is 1.74. The standard InChI is InChI=1S/C15H14N2O3/c1-19-15-7-11(9-18)4-5-14(15)20-10-12-3-2-6-17-13(12)8-16/h2-7,18H,9-10H2,1H3. The summed E-state index contributed by atoms with van der Waals surface area (Å²) in [6, 6.07) is 10.8. The third-order valence-electron chi connectivity index (χ3n) is 2.79. The zero-order valence-electron chi connectivity index (χ0n) is 11.0. The average molecular weight is 270 g/mol. The number of ether oxygens (including phenoxy) is 2. The van der Waals surface area contributed by atoms with Crippen molar-refractivity contribution in [2.24, 2.45) is 0 Å². The minimum absolute atomic E-state index is 0.0577. The van der Waals surface area contributed by atoms with Crippen molar-refractivity contribution in [3.05, 3.63) is 53.3 Å². The number of hydrogen-bond acceptors (Lipinski definition) is 5. The van der Waals surface area contributed by atoms with Gasteiger partial charge in [0, 0.05) is 11.8 Å². The summed E-state index contributed by atoms with van der Waals surface area (Å²) in [5.41, 5.74) is 1.80. The van der Waals surface area contributed by atoms with Crippen molar-refractivity contribution < 1.29 is 14.6 Å². The van der Waals surface area contributed by atoms with Gasteiger partial charge in [0.25, 0.3) is 0 Å². The molecule has 0 atom stereocenters. The molecule has 0 saturated heterocycles. The lowest BCUT2D eigenvalue weighted by molar-refractivity contribution is 0.274. The van der Waals surface area contributed by atoms with Crippen LogP contribution >= 0.6 is 0 Å². The molecule has 0 fully saturated rings. The lowest BCUT2D eigenvalue weighted by Crippen LogP contribution is -2.01. The van der Waals surface area contributed by atoms with E-state index in [1.54, 1.807) is 36.5 Å². The minimum atomic E-state index is -0.0577. The maximum Gasteiger partial charge on any atom is 0.161 e. The molecule has 0 saturated carbocycles. The van der Waals surface area contributed by atoms with Gasteiger partial charge in [-0.2, -0.15) is 5.26 Å². The Morgan fingerprint density at radius 1 is 1.30 bits per heavy atom. The van der Waals surface area contributed by atoms with Crippen molar-refractivity contribution in [1.29, 1.82) is 5.26 Å². The summed E-state index contributed by atoms with van der Waals surface area (Å²) in [4.78, 5) is 3.97. The predicted octanol–water partition coefficient (Wildman–Crippen LogP) is 2.03. The SMILES string of the molecule is COc1cc(CO)ccc1OCc1cccnc1C#N. The second kappa shape index (κ2) is 6.55. The molecule has 20 heavy (non-hydrogen) atoms. The Bertz CT molecular complexity index is 635. The molecule has 0 aliphatic carbocycles. The van der Waals surface area contributed by atoms with Crippen LogP contribution in [0.1, 0.15) is 16.8 Å². The monoisotopic (exact) mass is 270 g/mol. The van der Waals surface area contributed by atoms with Crippen molar-refractivity contribution in [3.8, 4) is 17.6 Å². The average Bonchev–Trinajstić information content (AvgIpc) is 2.52. The van der Waals surface area contributed by atoms with E-state index in [9.17, 15) is 0 Å². The molecule has 0 amide bonds. The van der Waals surface area contributed by atoms with Gasteiger partial charge in [0.05, 0.1) is 13.7 Å². The summed E-state index contributed by atoms with van der Waals surface area (Å²) in [5.74, 6) is 1.09. The molecule has 2 rings (SSSR count). The summed E-state index contributed by atoms with van der Waals surface area (Å²) in [5, 5.41) is 18.0. The highest BCUT2D eigenvalue weighted by Gasteiger charge is 2.08. The first-order chi connectivity index (χ1) is 9.78. The molecule has 1 aromatic carbocycles. The first-order valence-corrected chi connectivity index (χ1v) is 6.03. The summed E-state index contributed by atoms with van der Waals surface area (Å²) < 4.78 is 10.9. The lowest BCUT2D eigenvalue weighted by atomic mass is 10.2. The van der Waals surface area contributed by atoms with Crippen LogP contribution in [0.2, 0.25) is 0 Å². The molecular formula is C15H14N2O3. The highest BCUT2D eigenvalue weighted by Crippen LogP contribution is 2.29. The third-order valence-corrected chi connectivity index (χ3v) is 2.79. The van der Waals surface area contributed by atoms with Crippen LogP contribution in [-0.4, -0.2) is 17.2 Å². The van der Waals surface area contributed by atoms with Gasteiger partial charge in [-0.15, -0.1) is 0 Å².